The fraction of sp³-hybridized carbons (Fsp3) is 0.375. The van der Waals surface area contributed by atoms with E-state index in [1.165, 1.54) is 0 Å². The predicted octanol–water partition coefficient (Wildman–Crippen LogP) is 1.67. The maximum absolute atomic E-state index is 11.0. The molecule has 0 saturated carbocycles. The van der Waals surface area contributed by atoms with E-state index in [9.17, 15) is 8.42 Å². The molecule has 1 aromatic heterocycles. The zero-order chi connectivity index (χ0) is 10.8. The average molecular weight is 235 g/mol. The van der Waals surface area contributed by atoms with Crippen molar-refractivity contribution in [1.29, 1.82) is 0 Å². The first kappa shape index (κ1) is 11.3. The Balaban J connectivity index is 3.09. The summed E-state index contributed by atoms with van der Waals surface area (Å²) in [6, 6.07) is 3.16. The fourth-order valence-electron chi connectivity index (χ4n) is 1.04. The van der Waals surface area contributed by atoms with E-state index in [1.807, 2.05) is 6.92 Å². The second-order valence-electron chi connectivity index (χ2n) is 2.86. The molecule has 6 heteroatoms. The molecule has 0 aromatic carbocycles. The quantitative estimate of drug-likeness (QED) is 0.810. The normalized spacial score (nSPS) is 11.4. The van der Waals surface area contributed by atoms with Gasteiger partial charge in [0.15, 0.2) is 0 Å². The molecular formula is C8H11ClN2O2S. The number of nitrogens with zero attached hydrogens (tertiary/aromatic N) is 1. The SMILES string of the molecule is CCc1nc(Cl)ccc1NS(C)(=O)=O. The summed E-state index contributed by atoms with van der Waals surface area (Å²) in [6.45, 7) is 1.88. The summed E-state index contributed by atoms with van der Waals surface area (Å²) in [5.41, 5.74) is 1.13. The Morgan fingerprint density at radius 3 is 2.64 bits per heavy atom. The highest BCUT2D eigenvalue weighted by molar-refractivity contribution is 7.92. The van der Waals surface area contributed by atoms with Crippen molar-refractivity contribution in [3.63, 3.8) is 0 Å². The van der Waals surface area contributed by atoms with Crippen molar-refractivity contribution in [2.24, 2.45) is 0 Å². The molecule has 0 amide bonds. The van der Waals surface area contributed by atoms with E-state index in [0.29, 0.717) is 23.0 Å². The minimum absolute atomic E-state index is 0.362. The second-order valence-corrected chi connectivity index (χ2v) is 4.99. The van der Waals surface area contributed by atoms with Crippen molar-refractivity contribution in [3.05, 3.63) is 23.0 Å². The molecule has 14 heavy (non-hydrogen) atoms. The van der Waals surface area contributed by atoms with E-state index in [1.54, 1.807) is 12.1 Å². The van der Waals surface area contributed by atoms with Gasteiger partial charge in [-0.1, -0.05) is 18.5 Å². The summed E-state index contributed by atoms with van der Waals surface area (Å²) in [7, 11) is -3.26. The number of aromatic nitrogens is 1. The largest absolute Gasteiger partial charge is 0.282 e. The Morgan fingerprint density at radius 2 is 2.14 bits per heavy atom. The number of hydrogen-bond acceptors (Lipinski definition) is 3. The molecule has 78 valence electrons. The van der Waals surface area contributed by atoms with Crippen LogP contribution in [0.3, 0.4) is 0 Å². The van der Waals surface area contributed by atoms with Crippen LogP contribution in [0.25, 0.3) is 0 Å². The zero-order valence-corrected chi connectivity index (χ0v) is 9.48. The number of halogens is 1. The lowest BCUT2D eigenvalue weighted by Gasteiger charge is -2.08. The van der Waals surface area contributed by atoms with E-state index in [4.69, 9.17) is 11.6 Å². The van der Waals surface area contributed by atoms with Crippen LogP contribution in [0.15, 0.2) is 12.1 Å². The zero-order valence-electron chi connectivity index (χ0n) is 7.91. The molecule has 0 aliphatic carbocycles. The van der Waals surface area contributed by atoms with E-state index >= 15 is 0 Å². The molecule has 0 bridgehead atoms. The van der Waals surface area contributed by atoms with Crippen LogP contribution in [0.1, 0.15) is 12.6 Å². The van der Waals surface area contributed by atoms with Crippen LogP contribution in [0.2, 0.25) is 5.15 Å². The highest BCUT2D eigenvalue weighted by Gasteiger charge is 2.07. The summed E-state index contributed by atoms with van der Waals surface area (Å²) in [4.78, 5) is 4.01. The summed E-state index contributed by atoms with van der Waals surface area (Å²) in [6.07, 6.45) is 1.72. The Hall–Kier alpha value is -0.810. The van der Waals surface area contributed by atoms with Gasteiger partial charge in [0.1, 0.15) is 5.15 Å². The van der Waals surface area contributed by atoms with Gasteiger partial charge in [0.05, 0.1) is 17.6 Å². The summed E-state index contributed by atoms with van der Waals surface area (Å²) in [5.74, 6) is 0. The molecule has 0 aliphatic rings. The lowest BCUT2D eigenvalue weighted by Crippen LogP contribution is -2.11. The maximum atomic E-state index is 11.0. The van der Waals surface area contributed by atoms with Crippen LogP contribution in [0.5, 0.6) is 0 Å². The standard InChI is InChI=1S/C8H11ClN2O2S/c1-3-6-7(11-14(2,12)13)4-5-8(9)10-6/h4-5,11H,3H2,1-2H3. The van der Waals surface area contributed by atoms with Crippen molar-refractivity contribution >= 4 is 27.3 Å². The summed E-state index contributed by atoms with van der Waals surface area (Å²) in [5, 5.41) is 0.362. The van der Waals surface area contributed by atoms with E-state index in [-0.39, 0.29) is 0 Å². The van der Waals surface area contributed by atoms with E-state index < -0.39 is 10.0 Å². The molecule has 1 aromatic rings. The average Bonchev–Trinajstić information content (AvgIpc) is 2.06. The van der Waals surface area contributed by atoms with Gasteiger partial charge in [0.2, 0.25) is 10.0 Å². The Labute approximate surface area is 88.4 Å². The molecule has 0 fully saturated rings. The van der Waals surface area contributed by atoms with Gasteiger partial charge in [0.25, 0.3) is 0 Å². The van der Waals surface area contributed by atoms with Crippen molar-refractivity contribution in [3.8, 4) is 0 Å². The topological polar surface area (TPSA) is 59.1 Å². The first-order valence-corrected chi connectivity index (χ1v) is 6.32. The van der Waals surface area contributed by atoms with Crippen molar-refractivity contribution in [1.82, 2.24) is 4.98 Å². The van der Waals surface area contributed by atoms with E-state index in [0.717, 1.165) is 6.26 Å². The van der Waals surface area contributed by atoms with Gasteiger partial charge in [-0.05, 0) is 18.6 Å². The molecular weight excluding hydrogens is 224 g/mol. The third-order valence-electron chi connectivity index (χ3n) is 1.57. The van der Waals surface area contributed by atoms with Crippen LogP contribution in [0, 0.1) is 0 Å². The molecule has 1 heterocycles. The van der Waals surface area contributed by atoms with Crippen LogP contribution in [-0.4, -0.2) is 19.7 Å². The number of anilines is 1. The molecule has 0 saturated heterocycles. The Bertz CT molecular complexity index is 431. The molecule has 4 nitrogen and oxygen atoms in total. The molecule has 0 spiro atoms. The number of nitrogens with one attached hydrogen (secondary N) is 1. The lowest BCUT2D eigenvalue weighted by molar-refractivity contribution is 0.606. The van der Waals surface area contributed by atoms with Crippen LogP contribution >= 0.6 is 11.6 Å². The molecule has 0 radical (unpaired) electrons. The minimum Gasteiger partial charge on any atom is -0.282 e. The molecule has 1 N–H and O–H groups in total. The smallest absolute Gasteiger partial charge is 0.229 e. The van der Waals surface area contributed by atoms with E-state index in [2.05, 4.69) is 9.71 Å². The monoisotopic (exact) mass is 234 g/mol. The first-order valence-electron chi connectivity index (χ1n) is 4.05. The number of pyridine rings is 1. The Kier molecular flexibility index (Phi) is 3.34. The first-order chi connectivity index (χ1) is 6.42. The number of hydrogen-bond donors (Lipinski definition) is 1. The third kappa shape index (κ3) is 3.16. The van der Waals surface area contributed by atoms with Gasteiger partial charge in [-0.3, -0.25) is 4.72 Å². The van der Waals surface area contributed by atoms with Crippen LogP contribution in [-0.2, 0) is 16.4 Å². The number of aryl methyl sites for hydroxylation is 1. The third-order valence-corrected chi connectivity index (χ3v) is 2.37. The maximum Gasteiger partial charge on any atom is 0.229 e. The lowest BCUT2D eigenvalue weighted by atomic mass is 10.2. The molecule has 1 rings (SSSR count). The fourth-order valence-corrected chi connectivity index (χ4v) is 1.79. The van der Waals surface area contributed by atoms with Gasteiger partial charge in [0, 0.05) is 0 Å². The van der Waals surface area contributed by atoms with Gasteiger partial charge in [-0.25, -0.2) is 13.4 Å². The Morgan fingerprint density at radius 1 is 1.50 bits per heavy atom. The highest BCUT2D eigenvalue weighted by atomic mass is 35.5. The van der Waals surface area contributed by atoms with Crippen molar-refractivity contribution in [2.45, 2.75) is 13.3 Å². The highest BCUT2D eigenvalue weighted by Crippen LogP contribution is 2.17. The molecule has 0 unspecified atom stereocenters. The van der Waals surface area contributed by atoms with Gasteiger partial charge in [-0.15, -0.1) is 0 Å². The number of rotatable bonds is 3. The van der Waals surface area contributed by atoms with Gasteiger partial charge < -0.3 is 0 Å². The summed E-state index contributed by atoms with van der Waals surface area (Å²) >= 11 is 5.68. The van der Waals surface area contributed by atoms with Crippen LogP contribution in [0.4, 0.5) is 5.69 Å². The predicted molar refractivity (Wildman–Crippen MR) is 57.1 cm³/mol. The number of sulfonamides is 1. The van der Waals surface area contributed by atoms with Crippen molar-refractivity contribution in [2.75, 3.05) is 11.0 Å². The molecule has 0 atom stereocenters. The van der Waals surface area contributed by atoms with Gasteiger partial charge >= 0.3 is 0 Å². The van der Waals surface area contributed by atoms with Crippen molar-refractivity contribution < 1.29 is 8.42 Å². The minimum atomic E-state index is -3.26. The van der Waals surface area contributed by atoms with Gasteiger partial charge in [-0.2, -0.15) is 0 Å². The summed E-state index contributed by atoms with van der Waals surface area (Å²) < 4.78 is 24.3. The second kappa shape index (κ2) is 4.14. The van der Waals surface area contributed by atoms with Crippen LogP contribution < -0.4 is 4.72 Å². The molecule has 0 aliphatic heterocycles.